The molecule has 1 unspecified atom stereocenters. The average molecular weight is 451 g/mol. The summed E-state index contributed by atoms with van der Waals surface area (Å²) in [4.78, 5) is 14.9. The number of sulfonamides is 1. The lowest BCUT2D eigenvalue weighted by molar-refractivity contribution is -0.134. The van der Waals surface area contributed by atoms with E-state index in [2.05, 4.69) is 18.2 Å². The number of rotatable bonds is 10. The lowest BCUT2D eigenvalue weighted by Crippen LogP contribution is -2.51. The molecule has 1 fully saturated rings. The number of carbonyl (C=O) groups is 1. The number of halogens is 1. The number of allylic oxidation sites excluding steroid dienone is 4. The first kappa shape index (κ1) is 24.4. The van der Waals surface area contributed by atoms with Gasteiger partial charge in [0, 0.05) is 18.1 Å². The Morgan fingerprint density at radius 2 is 1.97 bits per heavy atom. The molecule has 1 aliphatic heterocycles. The summed E-state index contributed by atoms with van der Waals surface area (Å²) in [7, 11) is -3.65. The van der Waals surface area contributed by atoms with Crippen molar-refractivity contribution in [3.63, 3.8) is 0 Å². The Morgan fingerprint density at radius 3 is 2.63 bits per heavy atom. The van der Waals surface area contributed by atoms with E-state index >= 15 is 0 Å². The van der Waals surface area contributed by atoms with Gasteiger partial charge in [0.1, 0.15) is 6.04 Å². The third-order valence-corrected chi connectivity index (χ3v) is 6.83. The molecule has 1 heterocycles. The fourth-order valence-corrected chi connectivity index (χ4v) is 4.69. The van der Waals surface area contributed by atoms with Crippen molar-refractivity contribution in [3.05, 3.63) is 71.8 Å². The summed E-state index contributed by atoms with van der Waals surface area (Å²) in [6.07, 6.45) is 11.0. The van der Waals surface area contributed by atoms with Crippen LogP contribution in [0.15, 0.2) is 61.2 Å². The molecule has 1 amide bonds. The van der Waals surface area contributed by atoms with Gasteiger partial charge in [0.05, 0.1) is 5.75 Å². The second-order valence-electron chi connectivity index (χ2n) is 7.64. The third kappa shape index (κ3) is 8.09. The van der Waals surface area contributed by atoms with Gasteiger partial charge in [-0.1, -0.05) is 73.7 Å². The highest BCUT2D eigenvalue weighted by Gasteiger charge is 2.30. The van der Waals surface area contributed by atoms with Crippen LogP contribution >= 0.6 is 11.6 Å². The summed E-state index contributed by atoms with van der Waals surface area (Å²) in [5.74, 6) is 0.232. The van der Waals surface area contributed by atoms with E-state index < -0.39 is 16.1 Å². The number of hydrogen-bond donors (Lipinski definition) is 1. The zero-order chi connectivity index (χ0) is 22.0. The molecule has 0 aliphatic carbocycles. The zero-order valence-electron chi connectivity index (χ0n) is 17.5. The van der Waals surface area contributed by atoms with Crippen molar-refractivity contribution < 1.29 is 13.2 Å². The van der Waals surface area contributed by atoms with Gasteiger partial charge in [-0.05, 0) is 43.2 Å². The van der Waals surface area contributed by atoms with Crippen molar-refractivity contribution in [1.82, 2.24) is 9.62 Å². The van der Waals surface area contributed by atoms with Gasteiger partial charge in [-0.25, -0.2) is 13.1 Å². The van der Waals surface area contributed by atoms with Crippen LogP contribution in [0, 0.1) is 5.92 Å². The van der Waals surface area contributed by atoms with Crippen LogP contribution in [0.1, 0.15) is 31.7 Å². The number of carbonyl (C=O) groups excluding carboxylic acids is 1. The van der Waals surface area contributed by atoms with E-state index in [9.17, 15) is 13.2 Å². The van der Waals surface area contributed by atoms with E-state index in [-0.39, 0.29) is 11.7 Å². The van der Waals surface area contributed by atoms with Crippen molar-refractivity contribution in [2.75, 3.05) is 18.8 Å². The number of piperidine rings is 1. The maximum atomic E-state index is 13.1. The van der Waals surface area contributed by atoms with Crippen LogP contribution in [-0.4, -0.2) is 44.1 Å². The molecule has 1 aliphatic rings. The van der Waals surface area contributed by atoms with E-state index in [1.165, 1.54) is 0 Å². The molecule has 164 valence electrons. The highest BCUT2D eigenvalue weighted by Crippen LogP contribution is 2.20. The Labute approximate surface area is 185 Å². The monoisotopic (exact) mass is 450 g/mol. The van der Waals surface area contributed by atoms with E-state index in [1.807, 2.05) is 18.2 Å². The lowest BCUT2D eigenvalue weighted by atomic mass is 9.98. The number of nitrogens with one attached hydrogen (secondary N) is 1. The van der Waals surface area contributed by atoms with Crippen LogP contribution in [0.25, 0.3) is 0 Å². The van der Waals surface area contributed by atoms with Crippen molar-refractivity contribution >= 4 is 27.5 Å². The minimum Gasteiger partial charge on any atom is -0.341 e. The van der Waals surface area contributed by atoms with Crippen molar-refractivity contribution in [2.24, 2.45) is 5.92 Å². The minimum absolute atomic E-state index is 0.159. The molecule has 2 rings (SSSR count). The number of benzene rings is 1. The third-order valence-electron chi connectivity index (χ3n) is 5.19. The molecule has 0 radical (unpaired) electrons. The minimum atomic E-state index is -3.65. The van der Waals surface area contributed by atoms with Gasteiger partial charge in [-0.3, -0.25) is 4.79 Å². The van der Waals surface area contributed by atoms with Gasteiger partial charge in [-0.15, -0.1) is 0 Å². The molecule has 7 heteroatoms. The molecule has 1 aromatic rings. The zero-order valence-corrected chi connectivity index (χ0v) is 19.0. The normalized spacial score (nSPS) is 16.9. The van der Waals surface area contributed by atoms with Crippen LogP contribution in [-0.2, 0) is 21.2 Å². The summed E-state index contributed by atoms with van der Waals surface area (Å²) in [5.41, 5.74) is 0.901. The summed E-state index contributed by atoms with van der Waals surface area (Å²) < 4.78 is 27.8. The second kappa shape index (κ2) is 12.1. The van der Waals surface area contributed by atoms with E-state index in [0.29, 0.717) is 36.9 Å². The van der Waals surface area contributed by atoms with E-state index in [1.54, 1.807) is 41.3 Å². The Kier molecular flexibility index (Phi) is 9.82. The summed E-state index contributed by atoms with van der Waals surface area (Å²) in [6.45, 7) is 7.06. The summed E-state index contributed by atoms with van der Waals surface area (Å²) in [5, 5.41) is 0.621. The highest BCUT2D eigenvalue weighted by molar-refractivity contribution is 7.89. The van der Waals surface area contributed by atoms with Gasteiger partial charge in [0.25, 0.3) is 0 Å². The SMILES string of the molecule is C=C/C=C\C=C/CS(=O)(=O)NC(CCc1ccccc1Cl)C(=O)N1CCC(C)CC1. The van der Waals surface area contributed by atoms with Gasteiger partial charge in [0.15, 0.2) is 0 Å². The van der Waals surface area contributed by atoms with Crippen LogP contribution in [0.4, 0.5) is 0 Å². The fourth-order valence-electron chi connectivity index (χ4n) is 3.35. The number of hydrogen-bond acceptors (Lipinski definition) is 3. The van der Waals surface area contributed by atoms with E-state index in [0.717, 1.165) is 18.4 Å². The molecule has 5 nitrogen and oxygen atoms in total. The van der Waals surface area contributed by atoms with E-state index in [4.69, 9.17) is 11.6 Å². The van der Waals surface area contributed by atoms with Crippen molar-refractivity contribution in [1.29, 1.82) is 0 Å². The van der Waals surface area contributed by atoms with Gasteiger partial charge >= 0.3 is 0 Å². The fraction of sp³-hybridized carbons (Fsp3) is 0.435. The standard InChI is InChI=1S/C23H31ClN2O3S/c1-3-4-5-6-9-18-30(28,29)25-22(13-12-20-10-7-8-11-21(20)24)23(27)26-16-14-19(2)15-17-26/h3-11,19,22,25H,1,12-18H2,2H3/b5-4-,9-6-. The molecule has 1 N–H and O–H groups in total. The number of amides is 1. The second-order valence-corrected chi connectivity index (χ2v) is 9.84. The molecule has 1 atom stereocenters. The van der Waals surface area contributed by atoms with Gasteiger partial charge in [0.2, 0.25) is 15.9 Å². The molecular formula is C23H31ClN2O3S. The number of nitrogens with zero attached hydrogens (tertiary/aromatic N) is 1. The van der Waals surface area contributed by atoms with Crippen LogP contribution in [0.5, 0.6) is 0 Å². The predicted molar refractivity (Wildman–Crippen MR) is 124 cm³/mol. The molecule has 0 spiro atoms. The largest absolute Gasteiger partial charge is 0.341 e. The lowest BCUT2D eigenvalue weighted by Gasteiger charge is -2.33. The Bertz CT molecular complexity index is 872. The molecule has 1 saturated heterocycles. The quantitative estimate of drug-likeness (QED) is 0.545. The first-order chi connectivity index (χ1) is 14.3. The average Bonchev–Trinajstić information content (AvgIpc) is 2.72. The summed E-state index contributed by atoms with van der Waals surface area (Å²) in [6, 6.07) is 6.62. The van der Waals surface area contributed by atoms with Gasteiger partial charge < -0.3 is 4.90 Å². The van der Waals surface area contributed by atoms with Crippen LogP contribution < -0.4 is 4.72 Å². The summed E-state index contributed by atoms with van der Waals surface area (Å²) >= 11 is 6.24. The number of likely N-dealkylation sites (tertiary alicyclic amines) is 1. The molecule has 0 bridgehead atoms. The number of aryl methyl sites for hydroxylation is 1. The van der Waals surface area contributed by atoms with Crippen molar-refractivity contribution in [2.45, 2.75) is 38.6 Å². The van der Waals surface area contributed by atoms with Crippen molar-refractivity contribution in [3.8, 4) is 0 Å². The molecule has 0 aromatic heterocycles. The predicted octanol–water partition coefficient (Wildman–Crippen LogP) is 4.12. The van der Waals surface area contributed by atoms with Gasteiger partial charge in [-0.2, -0.15) is 0 Å². The topological polar surface area (TPSA) is 66.5 Å². The van der Waals surface area contributed by atoms with Crippen LogP contribution in [0.3, 0.4) is 0 Å². The molecule has 0 saturated carbocycles. The maximum Gasteiger partial charge on any atom is 0.240 e. The van der Waals surface area contributed by atoms with Crippen LogP contribution in [0.2, 0.25) is 5.02 Å². The smallest absolute Gasteiger partial charge is 0.240 e. The Morgan fingerprint density at radius 1 is 1.27 bits per heavy atom. The molecule has 1 aromatic carbocycles. The first-order valence-corrected chi connectivity index (χ1v) is 12.3. The maximum absolute atomic E-state index is 13.1. The Balaban J connectivity index is 2.10. The highest BCUT2D eigenvalue weighted by atomic mass is 35.5. The Hall–Kier alpha value is -1.89. The molecular weight excluding hydrogens is 420 g/mol. The first-order valence-electron chi connectivity index (χ1n) is 10.3. The molecule has 30 heavy (non-hydrogen) atoms.